The summed E-state index contributed by atoms with van der Waals surface area (Å²) in [6.45, 7) is 0.332. The predicted octanol–water partition coefficient (Wildman–Crippen LogP) is 3.37. The molecule has 4 nitrogen and oxygen atoms in total. The fourth-order valence-electron chi connectivity index (χ4n) is 2.11. The van der Waals surface area contributed by atoms with Gasteiger partial charge in [0.25, 0.3) is 5.91 Å². The van der Waals surface area contributed by atoms with E-state index in [2.05, 4.69) is 5.32 Å². The summed E-state index contributed by atoms with van der Waals surface area (Å²) in [5.74, 6) is -0.434. The summed E-state index contributed by atoms with van der Waals surface area (Å²) in [5, 5.41) is 3.78. The minimum absolute atomic E-state index is 0.0158. The first-order valence-electron chi connectivity index (χ1n) is 6.80. The molecular formula is C16H15Cl2NO3S. The first-order chi connectivity index (χ1) is 10.8. The highest BCUT2D eigenvalue weighted by molar-refractivity contribution is 7.90. The van der Waals surface area contributed by atoms with Gasteiger partial charge in [-0.1, -0.05) is 41.4 Å². The van der Waals surface area contributed by atoms with Crippen LogP contribution in [-0.4, -0.2) is 27.1 Å². The molecule has 0 heterocycles. The molecule has 122 valence electrons. The molecule has 1 amide bonds. The van der Waals surface area contributed by atoms with Crippen LogP contribution in [0, 0.1) is 0 Å². The van der Waals surface area contributed by atoms with E-state index in [9.17, 15) is 13.2 Å². The SMILES string of the molecule is CS(=O)(=O)c1ccccc1C(=O)NCCc1ccc(Cl)cc1Cl. The van der Waals surface area contributed by atoms with Gasteiger partial charge in [-0.2, -0.15) is 0 Å². The van der Waals surface area contributed by atoms with Gasteiger partial charge in [-0.05, 0) is 36.2 Å². The highest BCUT2D eigenvalue weighted by Gasteiger charge is 2.17. The zero-order chi connectivity index (χ0) is 17.0. The Balaban J connectivity index is 2.06. The lowest BCUT2D eigenvalue weighted by molar-refractivity contribution is 0.0951. The summed E-state index contributed by atoms with van der Waals surface area (Å²) in [6, 6.07) is 11.3. The second kappa shape index (κ2) is 7.34. The highest BCUT2D eigenvalue weighted by atomic mass is 35.5. The Labute approximate surface area is 145 Å². The van der Waals surface area contributed by atoms with E-state index in [0.29, 0.717) is 23.0 Å². The number of halogens is 2. The maximum Gasteiger partial charge on any atom is 0.252 e. The normalized spacial score (nSPS) is 11.3. The number of carbonyl (C=O) groups is 1. The van der Waals surface area contributed by atoms with Crippen molar-refractivity contribution in [2.45, 2.75) is 11.3 Å². The van der Waals surface area contributed by atoms with E-state index >= 15 is 0 Å². The zero-order valence-electron chi connectivity index (χ0n) is 12.3. The Morgan fingerprint density at radius 1 is 1.13 bits per heavy atom. The molecule has 0 bridgehead atoms. The lowest BCUT2D eigenvalue weighted by Crippen LogP contribution is -2.27. The van der Waals surface area contributed by atoms with E-state index in [-0.39, 0.29) is 10.5 Å². The third kappa shape index (κ3) is 4.70. The lowest BCUT2D eigenvalue weighted by atomic mass is 10.1. The largest absolute Gasteiger partial charge is 0.352 e. The van der Waals surface area contributed by atoms with Gasteiger partial charge in [0.2, 0.25) is 0 Å². The first kappa shape index (κ1) is 17.8. The van der Waals surface area contributed by atoms with Crippen molar-refractivity contribution in [2.75, 3.05) is 12.8 Å². The van der Waals surface area contributed by atoms with Crippen LogP contribution in [0.15, 0.2) is 47.4 Å². The number of hydrogen-bond acceptors (Lipinski definition) is 3. The summed E-state index contributed by atoms with van der Waals surface area (Å²) in [7, 11) is -3.46. The van der Waals surface area contributed by atoms with Crippen molar-refractivity contribution in [1.29, 1.82) is 0 Å². The second-order valence-electron chi connectivity index (χ2n) is 5.01. The predicted molar refractivity (Wildman–Crippen MR) is 92.1 cm³/mol. The minimum atomic E-state index is -3.46. The molecule has 2 aromatic carbocycles. The summed E-state index contributed by atoms with van der Waals surface area (Å²) in [4.78, 5) is 12.2. The molecule has 0 aliphatic heterocycles. The van der Waals surface area contributed by atoms with Gasteiger partial charge in [0.05, 0.1) is 10.5 Å². The van der Waals surface area contributed by atoms with Crippen LogP contribution >= 0.6 is 23.2 Å². The molecule has 2 rings (SSSR count). The quantitative estimate of drug-likeness (QED) is 0.875. The van der Waals surface area contributed by atoms with E-state index in [0.717, 1.165) is 11.8 Å². The fourth-order valence-corrected chi connectivity index (χ4v) is 3.50. The van der Waals surface area contributed by atoms with Crippen molar-refractivity contribution in [2.24, 2.45) is 0 Å². The van der Waals surface area contributed by atoms with Crippen LogP contribution in [0.5, 0.6) is 0 Å². The van der Waals surface area contributed by atoms with Crippen LogP contribution in [0.3, 0.4) is 0 Å². The maximum absolute atomic E-state index is 12.2. The van der Waals surface area contributed by atoms with Gasteiger partial charge in [-0.15, -0.1) is 0 Å². The number of rotatable bonds is 5. The van der Waals surface area contributed by atoms with Crippen LogP contribution in [0.4, 0.5) is 0 Å². The molecule has 23 heavy (non-hydrogen) atoms. The van der Waals surface area contributed by atoms with Gasteiger partial charge < -0.3 is 5.32 Å². The molecule has 0 radical (unpaired) electrons. The number of sulfone groups is 1. The van der Waals surface area contributed by atoms with E-state index in [1.165, 1.54) is 12.1 Å². The highest BCUT2D eigenvalue weighted by Crippen LogP contribution is 2.21. The average Bonchev–Trinajstić information content (AvgIpc) is 2.48. The molecular weight excluding hydrogens is 357 g/mol. The third-order valence-electron chi connectivity index (χ3n) is 3.23. The second-order valence-corrected chi connectivity index (χ2v) is 7.84. The maximum atomic E-state index is 12.2. The van der Waals surface area contributed by atoms with Gasteiger partial charge in [-0.3, -0.25) is 4.79 Å². The summed E-state index contributed by atoms with van der Waals surface area (Å²) < 4.78 is 23.4. The van der Waals surface area contributed by atoms with Crippen molar-refractivity contribution >= 4 is 38.9 Å². The molecule has 0 saturated heterocycles. The zero-order valence-corrected chi connectivity index (χ0v) is 14.7. The summed E-state index contributed by atoms with van der Waals surface area (Å²) >= 11 is 11.9. The molecule has 0 atom stereocenters. The smallest absolute Gasteiger partial charge is 0.252 e. The number of amides is 1. The first-order valence-corrected chi connectivity index (χ1v) is 9.45. The molecule has 2 aromatic rings. The van der Waals surface area contributed by atoms with Crippen LogP contribution in [-0.2, 0) is 16.3 Å². The molecule has 0 aliphatic carbocycles. The van der Waals surface area contributed by atoms with Gasteiger partial charge in [0.1, 0.15) is 0 Å². The van der Waals surface area contributed by atoms with Crippen molar-refractivity contribution in [1.82, 2.24) is 5.32 Å². The van der Waals surface area contributed by atoms with Crippen LogP contribution in [0.1, 0.15) is 15.9 Å². The topological polar surface area (TPSA) is 63.2 Å². The van der Waals surface area contributed by atoms with Crippen LogP contribution in [0.2, 0.25) is 10.0 Å². The van der Waals surface area contributed by atoms with Crippen molar-refractivity contribution in [3.05, 3.63) is 63.6 Å². The molecule has 7 heteroatoms. The van der Waals surface area contributed by atoms with E-state index in [1.807, 2.05) is 0 Å². The van der Waals surface area contributed by atoms with E-state index in [1.54, 1.807) is 30.3 Å². The summed E-state index contributed by atoms with van der Waals surface area (Å²) in [6.07, 6.45) is 1.59. The van der Waals surface area contributed by atoms with Crippen molar-refractivity contribution in [3.8, 4) is 0 Å². The Kier molecular flexibility index (Phi) is 5.68. The van der Waals surface area contributed by atoms with Crippen LogP contribution < -0.4 is 5.32 Å². The fraction of sp³-hybridized carbons (Fsp3) is 0.188. The molecule has 1 N–H and O–H groups in total. The van der Waals surface area contributed by atoms with Crippen molar-refractivity contribution in [3.63, 3.8) is 0 Å². The van der Waals surface area contributed by atoms with E-state index in [4.69, 9.17) is 23.2 Å². The lowest BCUT2D eigenvalue weighted by Gasteiger charge is -2.09. The monoisotopic (exact) mass is 371 g/mol. The molecule has 0 unspecified atom stereocenters. The third-order valence-corrected chi connectivity index (χ3v) is 4.97. The minimum Gasteiger partial charge on any atom is -0.352 e. The summed E-state index contributed by atoms with van der Waals surface area (Å²) in [5.41, 5.74) is 0.991. The van der Waals surface area contributed by atoms with Gasteiger partial charge >= 0.3 is 0 Å². The van der Waals surface area contributed by atoms with Gasteiger partial charge in [0, 0.05) is 22.8 Å². The number of carbonyl (C=O) groups excluding carboxylic acids is 1. The Bertz CT molecular complexity index is 835. The van der Waals surface area contributed by atoms with Crippen molar-refractivity contribution < 1.29 is 13.2 Å². The molecule has 0 spiro atoms. The molecule has 0 aromatic heterocycles. The number of benzene rings is 2. The van der Waals surface area contributed by atoms with Gasteiger partial charge in [0.15, 0.2) is 9.84 Å². The Morgan fingerprint density at radius 2 is 1.83 bits per heavy atom. The van der Waals surface area contributed by atoms with Crippen LogP contribution in [0.25, 0.3) is 0 Å². The Hall–Kier alpha value is -1.56. The molecule has 0 fully saturated rings. The average molecular weight is 372 g/mol. The van der Waals surface area contributed by atoms with Gasteiger partial charge in [-0.25, -0.2) is 8.42 Å². The van der Waals surface area contributed by atoms with E-state index < -0.39 is 15.7 Å². The molecule has 0 aliphatic rings. The molecule has 0 saturated carbocycles. The number of hydrogen-bond donors (Lipinski definition) is 1. The Morgan fingerprint density at radius 3 is 2.48 bits per heavy atom. The standard InChI is InChI=1S/C16H15Cl2NO3S/c1-23(21,22)15-5-3-2-4-13(15)16(20)19-9-8-11-6-7-12(17)10-14(11)18/h2-7,10H,8-9H2,1H3,(H,19,20). The number of nitrogens with one attached hydrogen (secondary N) is 1.